The fraction of sp³-hybridized carbons (Fsp3) is 0.500. The van der Waals surface area contributed by atoms with Crippen LogP contribution in [-0.2, 0) is 0 Å². The summed E-state index contributed by atoms with van der Waals surface area (Å²) in [5.74, 6) is 0.923. The SMILES string of the molecule is C=C(C)C(NCCC)c1cccc(OC(C)C)c1. The summed E-state index contributed by atoms with van der Waals surface area (Å²) in [6.07, 6.45) is 1.32. The Morgan fingerprint density at radius 1 is 1.39 bits per heavy atom. The zero-order valence-electron chi connectivity index (χ0n) is 12.0. The Labute approximate surface area is 111 Å². The minimum absolute atomic E-state index is 0.201. The van der Waals surface area contributed by atoms with Gasteiger partial charge in [-0.2, -0.15) is 0 Å². The first-order valence-electron chi connectivity index (χ1n) is 6.70. The predicted molar refractivity (Wildman–Crippen MR) is 78.1 cm³/mol. The van der Waals surface area contributed by atoms with E-state index in [2.05, 4.69) is 37.9 Å². The highest BCUT2D eigenvalue weighted by Crippen LogP contribution is 2.24. The first-order valence-corrected chi connectivity index (χ1v) is 6.70. The molecule has 0 spiro atoms. The summed E-state index contributed by atoms with van der Waals surface area (Å²) in [5.41, 5.74) is 2.35. The number of nitrogens with one attached hydrogen (secondary N) is 1. The summed E-state index contributed by atoms with van der Waals surface area (Å²) in [5, 5.41) is 3.51. The van der Waals surface area contributed by atoms with Gasteiger partial charge in [-0.25, -0.2) is 0 Å². The van der Waals surface area contributed by atoms with Gasteiger partial charge in [0.1, 0.15) is 5.75 Å². The quantitative estimate of drug-likeness (QED) is 0.733. The molecular weight excluding hydrogens is 222 g/mol. The molecule has 0 bridgehead atoms. The van der Waals surface area contributed by atoms with Crippen LogP contribution in [0.25, 0.3) is 0 Å². The van der Waals surface area contributed by atoms with Gasteiger partial charge >= 0.3 is 0 Å². The van der Waals surface area contributed by atoms with E-state index in [4.69, 9.17) is 4.74 Å². The Kier molecular flexibility index (Phi) is 5.93. The molecule has 0 saturated heterocycles. The normalized spacial score (nSPS) is 12.5. The van der Waals surface area contributed by atoms with E-state index in [1.165, 1.54) is 5.56 Å². The van der Waals surface area contributed by atoms with Crippen LogP contribution in [0, 0.1) is 0 Å². The van der Waals surface area contributed by atoms with Crippen LogP contribution in [0.5, 0.6) is 5.75 Å². The van der Waals surface area contributed by atoms with Crippen LogP contribution in [0.1, 0.15) is 45.7 Å². The average molecular weight is 247 g/mol. The van der Waals surface area contributed by atoms with Crippen LogP contribution in [0.2, 0.25) is 0 Å². The second-order valence-corrected chi connectivity index (χ2v) is 4.97. The van der Waals surface area contributed by atoms with Crippen LogP contribution < -0.4 is 10.1 Å². The Morgan fingerprint density at radius 2 is 2.11 bits per heavy atom. The second-order valence-electron chi connectivity index (χ2n) is 4.97. The zero-order valence-corrected chi connectivity index (χ0v) is 12.0. The number of hydrogen-bond donors (Lipinski definition) is 1. The van der Waals surface area contributed by atoms with Crippen molar-refractivity contribution in [3.05, 3.63) is 42.0 Å². The van der Waals surface area contributed by atoms with Gasteiger partial charge in [-0.15, -0.1) is 0 Å². The Balaban J connectivity index is 2.87. The molecule has 0 aliphatic heterocycles. The molecule has 2 heteroatoms. The van der Waals surface area contributed by atoms with Gasteiger partial charge in [-0.05, 0) is 51.4 Å². The molecule has 100 valence electrons. The summed E-state index contributed by atoms with van der Waals surface area (Å²) < 4.78 is 5.73. The second kappa shape index (κ2) is 7.22. The van der Waals surface area contributed by atoms with Gasteiger partial charge in [0.2, 0.25) is 0 Å². The molecule has 0 radical (unpaired) electrons. The molecule has 0 aliphatic carbocycles. The predicted octanol–water partition coefficient (Wildman–Crippen LogP) is 4.09. The molecule has 0 amide bonds. The van der Waals surface area contributed by atoms with Crippen molar-refractivity contribution in [2.45, 2.75) is 46.3 Å². The summed E-state index contributed by atoms with van der Waals surface area (Å²) in [6, 6.07) is 8.47. The van der Waals surface area contributed by atoms with Crippen molar-refractivity contribution in [1.29, 1.82) is 0 Å². The van der Waals surface area contributed by atoms with Crippen LogP contribution in [0.4, 0.5) is 0 Å². The monoisotopic (exact) mass is 247 g/mol. The van der Waals surface area contributed by atoms with E-state index in [0.29, 0.717) is 0 Å². The van der Waals surface area contributed by atoms with E-state index in [0.717, 1.165) is 24.3 Å². The maximum absolute atomic E-state index is 5.73. The maximum atomic E-state index is 5.73. The minimum atomic E-state index is 0.201. The van der Waals surface area contributed by atoms with Crippen LogP contribution in [0.3, 0.4) is 0 Å². The van der Waals surface area contributed by atoms with Gasteiger partial charge in [0.05, 0.1) is 12.1 Å². The first-order chi connectivity index (χ1) is 8.54. The third-order valence-electron chi connectivity index (χ3n) is 2.65. The third-order valence-corrected chi connectivity index (χ3v) is 2.65. The molecule has 2 nitrogen and oxygen atoms in total. The molecular formula is C16H25NO. The average Bonchev–Trinajstić information content (AvgIpc) is 2.28. The van der Waals surface area contributed by atoms with Crippen LogP contribution in [-0.4, -0.2) is 12.6 Å². The highest BCUT2D eigenvalue weighted by Gasteiger charge is 2.12. The van der Waals surface area contributed by atoms with Gasteiger partial charge < -0.3 is 10.1 Å². The molecule has 0 aromatic heterocycles. The van der Waals surface area contributed by atoms with Gasteiger partial charge in [0, 0.05) is 0 Å². The minimum Gasteiger partial charge on any atom is -0.491 e. The topological polar surface area (TPSA) is 21.3 Å². The summed E-state index contributed by atoms with van der Waals surface area (Å²) in [7, 11) is 0. The standard InChI is InChI=1S/C16H25NO/c1-6-10-17-16(12(2)3)14-8-7-9-15(11-14)18-13(4)5/h7-9,11,13,16-17H,2,6,10H2,1,3-5H3. The number of hydrogen-bond acceptors (Lipinski definition) is 2. The number of benzene rings is 1. The lowest BCUT2D eigenvalue weighted by Crippen LogP contribution is -2.22. The third kappa shape index (κ3) is 4.53. The highest BCUT2D eigenvalue weighted by molar-refractivity contribution is 5.34. The first kappa shape index (κ1) is 14.8. The largest absolute Gasteiger partial charge is 0.491 e. The zero-order chi connectivity index (χ0) is 13.5. The molecule has 1 unspecified atom stereocenters. The molecule has 1 atom stereocenters. The molecule has 0 fully saturated rings. The van der Waals surface area contributed by atoms with Crippen LogP contribution in [0.15, 0.2) is 36.4 Å². The molecule has 18 heavy (non-hydrogen) atoms. The molecule has 1 aromatic carbocycles. The van der Waals surface area contributed by atoms with Crippen molar-refractivity contribution in [2.24, 2.45) is 0 Å². The van der Waals surface area contributed by atoms with Crippen molar-refractivity contribution in [2.75, 3.05) is 6.54 Å². The fourth-order valence-corrected chi connectivity index (χ4v) is 1.90. The van der Waals surface area contributed by atoms with Crippen molar-refractivity contribution in [3.63, 3.8) is 0 Å². The molecule has 0 heterocycles. The summed E-state index contributed by atoms with van der Waals surface area (Å²) in [4.78, 5) is 0. The van der Waals surface area contributed by atoms with Crippen molar-refractivity contribution in [3.8, 4) is 5.75 Å². The molecule has 0 aliphatic rings. The Bertz CT molecular complexity index is 384. The van der Waals surface area contributed by atoms with Crippen LogP contribution >= 0.6 is 0 Å². The smallest absolute Gasteiger partial charge is 0.120 e. The fourth-order valence-electron chi connectivity index (χ4n) is 1.90. The van der Waals surface area contributed by atoms with Gasteiger partial charge in [0.15, 0.2) is 0 Å². The maximum Gasteiger partial charge on any atom is 0.120 e. The molecule has 1 N–H and O–H groups in total. The van der Waals surface area contributed by atoms with E-state index in [1.807, 2.05) is 26.0 Å². The summed E-state index contributed by atoms with van der Waals surface area (Å²) >= 11 is 0. The van der Waals surface area contributed by atoms with Gasteiger partial charge in [-0.3, -0.25) is 0 Å². The van der Waals surface area contributed by atoms with Crippen molar-refractivity contribution >= 4 is 0 Å². The van der Waals surface area contributed by atoms with E-state index >= 15 is 0 Å². The number of rotatable bonds is 7. The van der Waals surface area contributed by atoms with Crippen molar-refractivity contribution in [1.82, 2.24) is 5.32 Å². The van der Waals surface area contributed by atoms with E-state index in [1.54, 1.807) is 0 Å². The van der Waals surface area contributed by atoms with E-state index < -0.39 is 0 Å². The Hall–Kier alpha value is -1.28. The number of ether oxygens (including phenoxy) is 1. The molecule has 0 saturated carbocycles. The van der Waals surface area contributed by atoms with E-state index in [9.17, 15) is 0 Å². The lowest BCUT2D eigenvalue weighted by atomic mass is 10.0. The molecule has 1 rings (SSSR count). The van der Waals surface area contributed by atoms with Crippen molar-refractivity contribution < 1.29 is 4.74 Å². The highest BCUT2D eigenvalue weighted by atomic mass is 16.5. The Morgan fingerprint density at radius 3 is 2.67 bits per heavy atom. The van der Waals surface area contributed by atoms with E-state index in [-0.39, 0.29) is 12.1 Å². The molecule has 1 aromatic rings. The van der Waals surface area contributed by atoms with Gasteiger partial charge in [0.25, 0.3) is 0 Å². The lowest BCUT2D eigenvalue weighted by Gasteiger charge is -2.20. The van der Waals surface area contributed by atoms with Gasteiger partial charge in [-0.1, -0.05) is 31.2 Å². The lowest BCUT2D eigenvalue weighted by molar-refractivity contribution is 0.242. The summed E-state index contributed by atoms with van der Waals surface area (Å²) in [6.45, 7) is 13.4.